The molecule has 10 heteroatoms. The van der Waals surface area contributed by atoms with E-state index < -0.39 is 17.9 Å². The Bertz CT molecular complexity index is 1040. The van der Waals surface area contributed by atoms with Gasteiger partial charge in [0.1, 0.15) is 5.76 Å². The number of nitrogens with one attached hydrogen (secondary N) is 2. The number of hydrogen-bond donors (Lipinski definition) is 3. The van der Waals surface area contributed by atoms with Crippen molar-refractivity contribution in [1.29, 1.82) is 0 Å². The molecular formula is C27H35N3O7. The Balaban J connectivity index is 0.00000153. The largest absolute Gasteiger partial charge is 0.451 e. The minimum atomic E-state index is -0.621. The smallest absolute Gasteiger partial charge is 0.373 e. The molecule has 0 spiro atoms. The number of carbonyl (C=O) groups is 3. The average Bonchev–Trinajstić information content (AvgIpc) is 3.64. The van der Waals surface area contributed by atoms with Crippen LogP contribution in [0.5, 0.6) is 0 Å². The lowest BCUT2D eigenvalue weighted by Gasteiger charge is -2.29. The number of hydrogen-bond acceptors (Lipinski definition) is 7. The van der Waals surface area contributed by atoms with Gasteiger partial charge >= 0.3 is 6.15 Å². The highest BCUT2D eigenvalue weighted by atomic mass is 16.5. The summed E-state index contributed by atoms with van der Waals surface area (Å²) in [5.41, 5.74) is 2.24. The minimum Gasteiger partial charge on any atom is -0.451 e. The van der Waals surface area contributed by atoms with Crippen LogP contribution in [0, 0.1) is 5.92 Å². The topological polar surface area (TPSA) is 146 Å². The molecule has 0 unspecified atom stereocenters. The number of hydroxylamine groups is 2. The zero-order valence-corrected chi connectivity index (χ0v) is 21.3. The van der Waals surface area contributed by atoms with Gasteiger partial charge in [-0.15, -0.1) is 0 Å². The SMILES string of the molecule is CCCCC[C@@H](C(=O)NCNC(=O)c1ccc(-c2ccc(C3CC3)cc2)o1)[C@@H](CC)N(O)C=O.O=C=O. The third kappa shape index (κ3) is 9.00. The highest BCUT2D eigenvalue weighted by Gasteiger charge is 2.30. The molecule has 10 nitrogen and oxygen atoms in total. The monoisotopic (exact) mass is 513 g/mol. The van der Waals surface area contributed by atoms with Crippen LogP contribution in [-0.2, 0) is 19.2 Å². The van der Waals surface area contributed by atoms with Gasteiger partial charge in [-0.05, 0) is 49.3 Å². The van der Waals surface area contributed by atoms with E-state index in [2.05, 4.69) is 29.7 Å². The van der Waals surface area contributed by atoms with Crippen LogP contribution >= 0.6 is 0 Å². The number of rotatable bonds is 14. The molecular weight excluding hydrogens is 478 g/mol. The second kappa shape index (κ2) is 15.4. The van der Waals surface area contributed by atoms with E-state index in [9.17, 15) is 19.6 Å². The number of furan rings is 1. The fourth-order valence-electron chi connectivity index (χ4n) is 4.23. The van der Waals surface area contributed by atoms with Gasteiger partial charge in [0.15, 0.2) is 5.76 Å². The van der Waals surface area contributed by atoms with Gasteiger partial charge in [0, 0.05) is 5.56 Å². The number of amides is 3. The molecule has 3 N–H and O–H groups in total. The van der Waals surface area contributed by atoms with Crippen LogP contribution < -0.4 is 10.6 Å². The average molecular weight is 514 g/mol. The van der Waals surface area contributed by atoms with Gasteiger partial charge < -0.3 is 15.1 Å². The second-order valence-electron chi connectivity index (χ2n) is 8.93. The van der Waals surface area contributed by atoms with E-state index in [-0.39, 0.29) is 24.5 Å². The summed E-state index contributed by atoms with van der Waals surface area (Å²) in [6.07, 6.45) is 6.79. The van der Waals surface area contributed by atoms with Crippen molar-refractivity contribution in [3.63, 3.8) is 0 Å². The molecule has 1 heterocycles. The van der Waals surface area contributed by atoms with Crippen molar-refractivity contribution >= 4 is 24.4 Å². The zero-order chi connectivity index (χ0) is 27.2. The van der Waals surface area contributed by atoms with E-state index in [0.29, 0.717) is 36.0 Å². The zero-order valence-electron chi connectivity index (χ0n) is 21.3. The summed E-state index contributed by atoms with van der Waals surface area (Å²) in [5.74, 6) is 0.115. The second-order valence-corrected chi connectivity index (χ2v) is 8.93. The first-order valence-electron chi connectivity index (χ1n) is 12.6. The highest BCUT2D eigenvalue weighted by molar-refractivity contribution is 5.92. The molecule has 0 bridgehead atoms. The molecule has 1 aliphatic rings. The standard InChI is InChI=1S/C26H35N3O5.CO2/c1-3-5-6-7-21(22(4-2)29(33)17-30)25(31)27-16-28-26(32)24-15-14-23(34-24)20-12-10-19(11-13-20)18-8-9-18;2-1-3/h10-15,17-18,21-22,33H,3-9,16H2,1-2H3,(H,27,31)(H,28,32);/t21-,22-;/m1./s1. The molecule has 0 radical (unpaired) electrons. The van der Waals surface area contributed by atoms with Gasteiger partial charge in [0.25, 0.3) is 5.91 Å². The lowest BCUT2D eigenvalue weighted by molar-refractivity contribution is -0.191. The Morgan fingerprint density at radius 1 is 1.11 bits per heavy atom. The Hall–Kier alpha value is -3.75. The van der Waals surface area contributed by atoms with E-state index >= 15 is 0 Å². The van der Waals surface area contributed by atoms with Gasteiger partial charge in [0.2, 0.25) is 12.3 Å². The maximum absolute atomic E-state index is 12.8. The molecule has 0 saturated heterocycles. The van der Waals surface area contributed by atoms with Crippen LogP contribution in [0.25, 0.3) is 11.3 Å². The normalized spacial score (nSPS) is 13.8. The lowest BCUT2D eigenvalue weighted by atomic mass is 9.90. The first-order valence-corrected chi connectivity index (χ1v) is 12.6. The quantitative estimate of drug-likeness (QED) is 0.114. The highest BCUT2D eigenvalue weighted by Crippen LogP contribution is 2.40. The first-order chi connectivity index (χ1) is 17.9. The molecule has 1 fully saturated rings. The molecule has 2 atom stereocenters. The van der Waals surface area contributed by atoms with Gasteiger partial charge in [0.05, 0.1) is 18.6 Å². The fraction of sp³-hybridized carbons (Fsp3) is 0.481. The summed E-state index contributed by atoms with van der Waals surface area (Å²) in [7, 11) is 0. The van der Waals surface area contributed by atoms with Crippen molar-refractivity contribution in [2.75, 3.05) is 6.67 Å². The molecule has 2 aromatic rings. The predicted molar refractivity (Wildman–Crippen MR) is 133 cm³/mol. The summed E-state index contributed by atoms with van der Waals surface area (Å²) in [5, 5.41) is 15.8. The number of nitrogens with zero attached hydrogens (tertiary/aromatic N) is 1. The van der Waals surface area contributed by atoms with E-state index in [4.69, 9.17) is 14.0 Å². The summed E-state index contributed by atoms with van der Waals surface area (Å²) >= 11 is 0. The first kappa shape index (κ1) is 29.5. The van der Waals surface area contributed by atoms with Gasteiger partial charge in [-0.1, -0.05) is 57.4 Å². The molecule has 37 heavy (non-hydrogen) atoms. The Morgan fingerprint density at radius 2 is 1.78 bits per heavy atom. The minimum absolute atomic E-state index is 0.0863. The molecule has 1 aromatic carbocycles. The third-order valence-electron chi connectivity index (χ3n) is 6.37. The van der Waals surface area contributed by atoms with Crippen molar-refractivity contribution in [2.45, 2.75) is 70.8 Å². The van der Waals surface area contributed by atoms with Crippen LogP contribution in [-0.4, -0.2) is 47.4 Å². The maximum Gasteiger partial charge on any atom is 0.373 e. The molecule has 3 rings (SSSR count). The van der Waals surface area contributed by atoms with Gasteiger partial charge in [-0.2, -0.15) is 9.59 Å². The molecule has 3 amide bonds. The molecule has 1 aromatic heterocycles. The van der Waals surface area contributed by atoms with Crippen LogP contribution in [0.1, 0.15) is 80.8 Å². The fourth-order valence-corrected chi connectivity index (χ4v) is 4.23. The van der Waals surface area contributed by atoms with Crippen LogP contribution in [0.3, 0.4) is 0 Å². The van der Waals surface area contributed by atoms with E-state index in [0.717, 1.165) is 24.8 Å². The van der Waals surface area contributed by atoms with Crippen molar-refractivity contribution in [3.05, 3.63) is 47.7 Å². The van der Waals surface area contributed by atoms with Gasteiger partial charge in [-0.3, -0.25) is 19.6 Å². The van der Waals surface area contributed by atoms with Crippen LogP contribution in [0.15, 0.2) is 40.8 Å². The van der Waals surface area contributed by atoms with E-state index in [1.54, 1.807) is 12.1 Å². The van der Waals surface area contributed by atoms with Crippen molar-refractivity contribution in [2.24, 2.45) is 5.92 Å². The van der Waals surface area contributed by atoms with Crippen molar-refractivity contribution in [3.8, 4) is 11.3 Å². The lowest BCUT2D eigenvalue weighted by Crippen LogP contribution is -2.47. The Morgan fingerprint density at radius 3 is 2.35 bits per heavy atom. The van der Waals surface area contributed by atoms with E-state index in [1.807, 2.05) is 19.1 Å². The summed E-state index contributed by atoms with van der Waals surface area (Å²) in [6, 6.07) is 10.9. The molecule has 1 saturated carbocycles. The maximum atomic E-state index is 12.8. The molecule has 200 valence electrons. The number of unbranched alkanes of at least 4 members (excludes halogenated alkanes) is 2. The summed E-state index contributed by atoms with van der Waals surface area (Å²) in [4.78, 5) is 52.6. The summed E-state index contributed by atoms with van der Waals surface area (Å²) < 4.78 is 5.72. The third-order valence-corrected chi connectivity index (χ3v) is 6.37. The van der Waals surface area contributed by atoms with Crippen LogP contribution in [0.4, 0.5) is 0 Å². The summed E-state index contributed by atoms with van der Waals surface area (Å²) in [6.45, 7) is 3.79. The number of carbonyl (C=O) groups excluding carboxylic acids is 5. The van der Waals surface area contributed by atoms with Crippen molar-refractivity contribution < 1.29 is 33.6 Å². The predicted octanol–water partition coefficient (Wildman–Crippen LogP) is 3.87. The number of benzene rings is 1. The van der Waals surface area contributed by atoms with Crippen LogP contribution in [0.2, 0.25) is 0 Å². The van der Waals surface area contributed by atoms with Crippen molar-refractivity contribution in [1.82, 2.24) is 15.7 Å². The Kier molecular flexibility index (Phi) is 12.3. The Labute approximate surface area is 216 Å². The molecule has 1 aliphatic carbocycles. The van der Waals surface area contributed by atoms with E-state index in [1.165, 1.54) is 18.4 Å². The molecule has 0 aliphatic heterocycles. The van der Waals surface area contributed by atoms with Gasteiger partial charge in [-0.25, -0.2) is 5.06 Å².